The number of nitrogens with zero attached hydrogens (tertiary/aromatic N) is 2. The number of aromatic amines is 1. The summed E-state index contributed by atoms with van der Waals surface area (Å²) in [5, 5.41) is 11.0. The highest BCUT2D eigenvalue weighted by atomic mass is 35.5. The Morgan fingerprint density at radius 1 is 1.21 bits per heavy atom. The summed E-state index contributed by atoms with van der Waals surface area (Å²) in [5.74, 6) is 0.101. The van der Waals surface area contributed by atoms with Crippen molar-refractivity contribution in [2.45, 2.75) is 0 Å². The Kier molecular flexibility index (Phi) is 5.17. The summed E-state index contributed by atoms with van der Waals surface area (Å²) in [7, 11) is 0. The van der Waals surface area contributed by atoms with E-state index in [1.807, 2.05) is 42.7 Å². The molecule has 122 valence electrons. The van der Waals surface area contributed by atoms with Gasteiger partial charge in [0.05, 0.1) is 10.7 Å². The first-order valence-electron chi connectivity index (χ1n) is 7.11. The average Bonchev–Trinajstić information content (AvgIpc) is 3.07. The molecule has 3 rings (SSSR count). The van der Waals surface area contributed by atoms with Crippen molar-refractivity contribution in [1.82, 2.24) is 10.2 Å². The molecule has 0 atom stereocenters. The van der Waals surface area contributed by atoms with Crippen molar-refractivity contribution in [2.75, 3.05) is 11.6 Å². The van der Waals surface area contributed by atoms with Gasteiger partial charge in [-0.3, -0.25) is 5.10 Å². The molecule has 0 spiro atoms. The monoisotopic (exact) mass is 360 g/mol. The SMILES string of the molecule is CSC(=Nc1cc(-c2ccccc2)[nH]n1)Nc1ccc(F)c(Cl)c1. The van der Waals surface area contributed by atoms with Gasteiger partial charge in [-0.15, -0.1) is 0 Å². The van der Waals surface area contributed by atoms with Crippen molar-refractivity contribution >= 4 is 40.0 Å². The number of benzene rings is 2. The standard InChI is InChI=1S/C17H14ClFN4S/c1-24-17(20-12-7-8-14(19)13(18)9-12)21-16-10-15(22-23-16)11-5-3-2-4-6-11/h2-10H,1H3,(H2,20,21,22,23). The van der Waals surface area contributed by atoms with E-state index in [-0.39, 0.29) is 5.02 Å². The minimum absolute atomic E-state index is 0.0617. The maximum Gasteiger partial charge on any atom is 0.176 e. The van der Waals surface area contributed by atoms with Gasteiger partial charge in [-0.25, -0.2) is 9.38 Å². The van der Waals surface area contributed by atoms with E-state index in [0.29, 0.717) is 16.7 Å². The third kappa shape index (κ3) is 3.96. The second-order valence-corrected chi connectivity index (χ2v) is 6.08. The van der Waals surface area contributed by atoms with Crippen LogP contribution >= 0.6 is 23.4 Å². The Morgan fingerprint density at radius 3 is 2.71 bits per heavy atom. The maximum atomic E-state index is 13.2. The van der Waals surface area contributed by atoms with E-state index >= 15 is 0 Å². The van der Waals surface area contributed by atoms with Gasteiger partial charge in [-0.1, -0.05) is 53.7 Å². The highest BCUT2D eigenvalue weighted by Gasteiger charge is 2.06. The largest absolute Gasteiger partial charge is 0.335 e. The molecule has 24 heavy (non-hydrogen) atoms. The third-order valence-electron chi connectivity index (χ3n) is 3.23. The first-order valence-corrected chi connectivity index (χ1v) is 8.71. The molecule has 0 aliphatic rings. The Hall–Kier alpha value is -2.31. The lowest BCUT2D eigenvalue weighted by atomic mass is 10.2. The summed E-state index contributed by atoms with van der Waals surface area (Å²) in [5.41, 5.74) is 2.59. The Morgan fingerprint density at radius 2 is 2.00 bits per heavy atom. The number of nitrogens with one attached hydrogen (secondary N) is 2. The van der Waals surface area contributed by atoms with Gasteiger partial charge in [-0.2, -0.15) is 5.10 Å². The van der Waals surface area contributed by atoms with Crippen molar-refractivity contribution in [3.05, 3.63) is 65.4 Å². The van der Waals surface area contributed by atoms with E-state index in [9.17, 15) is 4.39 Å². The predicted octanol–water partition coefficient (Wildman–Crippen LogP) is 5.33. The minimum Gasteiger partial charge on any atom is -0.335 e. The van der Waals surface area contributed by atoms with Gasteiger partial charge < -0.3 is 5.32 Å². The molecule has 0 unspecified atom stereocenters. The molecule has 0 bridgehead atoms. The maximum absolute atomic E-state index is 13.2. The van der Waals surface area contributed by atoms with Crippen LogP contribution in [0.5, 0.6) is 0 Å². The number of amidine groups is 1. The molecule has 0 fully saturated rings. The highest BCUT2D eigenvalue weighted by molar-refractivity contribution is 8.13. The smallest absolute Gasteiger partial charge is 0.176 e. The molecule has 0 aliphatic carbocycles. The van der Waals surface area contributed by atoms with Crippen LogP contribution in [0, 0.1) is 5.82 Å². The van der Waals surface area contributed by atoms with Crippen molar-refractivity contribution in [3.63, 3.8) is 0 Å². The van der Waals surface area contributed by atoms with E-state index in [4.69, 9.17) is 11.6 Å². The fourth-order valence-electron chi connectivity index (χ4n) is 2.06. The third-order valence-corrected chi connectivity index (χ3v) is 4.10. The predicted molar refractivity (Wildman–Crippen MR) is 99.7 cm³/mol. The number of rotatable bonds is 3. The zero-order valence-electron chi connectivity index (χ0n) is 12.8. The first-order chi connectivity index (χ1) is 11.7. The fraction of sp³-hybridized carbons (Fsp3) is 0.0588. The highest BCUT2D eigenvalue weighted by Crippen LogP contribution is 2.23. The normalized spacial score (nSPS) is 11.5. The summed E-state index contributed by atoms with van der Waals surface area (Å²) in [6.45, 7) is 0. The lowest BCUT2D eigenvalue weighted by Gasteiger charge is -2.07. The van der Waals surface area contributed by atoms with Crippen molar-refractivity contribution in [1.29, 1.82) is 0 Å². The van der Waals surface area contributed by atoms with Crippen LogP contribution in [-0.2, 0) is 0 Å². The zero-order chi connectivity index (χ0) is 16.9. The van der Waals surface area contributed by atoms with Crippen LogP contribution in [0.4, 0.5) is 15.9 Å². The molecule has 0 saturated heterocycles. The lowest BCUT2D eigenvalue weighted by Crippen LogP contribution is -2.06. The van der Waals surface area contributed by atoms with Gasteiger partial charge in [0, 0.05) is 11.8 Å². The molecule has 1 heterocycles. The lowest BCUT2D eigenvalue weighted by molar-refractivity contribution is 0.628. The number of thioether (sulfide) groups is 1. The van der Waals surface area contributed by atoms with E-state index in [1.165, 1.54) is 23.9 Å². The number of H-pyrrole nitrogens is 1. The van der Waals surface area contributed by atoms with Gasteiger partial charge in [0.2, 0.25) is 0 Å². The first kappa shape index (κ1) is 16.5. The van der Waals surface area contributed by atoms with Crippen molar-refractivity contribution < 1.29 is 4.39 Å². The van der Waals surface area contributed by atoms with Gasteiger partial charge in [0.1, 0.15) is 5.82 Å². The van der Waals surface area contributed by atoms with Gasteiger partial charge >= 0.3 is 0 Å². The number of aliphatic imine (C=N–C) groups is 1. The van der Waals surface area contributed by atoms with Crippen LogP contribution < -0.4 is 5.32 Å². The fourth-order valence-corrected chi connectivity index (χ4v) is 2.65. The molecular weight excluding hydrogens is 347 g/mol. The number of aromatic nitrogens is 2. The van der Waals surface area contributed by atoms with Crippen LogP contribution in [0.25, 0.3) is 11.3 Å². The molecule has 3 aromatic rings. The van der Waals surface area contributed by atoms with Crippen LogP contribution in [-0.4, -0.2) is 21.6 Å². The van der Waals surface area contributed by atoms with Gasteiger partial charge in [0.15, 0.2) is 11.0 Å². The molecule has 4 nitrogen and oxygen atoms in total. The number of halogens is 2. The Labute approximate surface area is 148 Å². The topological polar surface area (TPSA) is 53.1 Å². The van der Waals surface area contributed by atoms with Crippen LogP contribution in [0.3, 0.4) is 0 Å². The molecular formula is C17H14ClFN4S. The molecule has 0 amide bonds. The number of anilines is 1. The Balaban J connectivity index is 1.80. The minimum atomic E-state index is -0.454. The van der Waals surface area contributed by atoms with Gasteiger partial charge in [-0.05, 0) is 30.0 Å². The molecule has 0 radical (unpaired) electrons. The molecule has 1 aromatic heterocycles. The zero-order valence-corrected chi connectivity index (χ0v) is 14.3. The van der Waals surface area contributed by atoms with E-state index in [2.05, 4.69) is 20.5 Å². The van der Waals surface area contributed by atoms with Crippen LogP contribution in [0.15, 0.2) is 59.6 Å². The summed E-state index contributed by atoms with van der Waals surface area (Å²) in [6, 6.07) is 16.2. The Bertz CT molecular complexity index is 864. The summed E-state index contributed by atoms with van der Waals surface area (Å²) in [6.07, 6.45) is 1.89. The van der Waals surface area contributed by atoms with Gasteiger partial charge in [0.25, 0.3) is 0 Å². The molecule has 0 saturated carbocycles. The molecule has 7 heteroatoms. The molecule has 0 aliphatic heterocycles. The summed E-state index contributed by atoms with van der Waals surface area (Å²) >= 11 is 7.22. The van der Waals surface area contributed by atoms with E-state index in [0.717, 1.165) is 11.3 Å². The summed E-state index contributed by atoms with van der Waals surface area (Å²) in [4.78, 5) is 4.46. The van der Waals surface area contributed by atoms with Crippen molar-refractivity contribution in [3.8, 4) is 11.3 Å². The molecule has 2 aromatic carbocycles. The number of hydrogen-bond acceptors (Lipinski definition) is 3. The summed E-state index contributed by atoms with van der Waals surface area (Å²) < 4.78 is 13.2. The second-order valence-electron chi connectivity index (χ2n) is 4.88. The number of hydrogen-bond donors (Lipinski definition) is 2. The molecule has 2 N–H and O–H groups in total. The van der Waals surface area contributed by atoms with Crippen molar-refractivity contribution in [2.24, 2.45) is 4.99 Å². The van der Waals surface area contributed by atoms with Crippen LogP contribution in [0.1, 0.15) is 0 Å². The van der Waals surface area contributed by atoms with Crippen LogP contribution in [0.2, 0.25) is 5.02 Å². The quantitative estimate of drug-likeness (QED) is 0.490. The average molecular weight is 361 g/mol. The van der Waals surface area contributed by atoms with E-state index < -0.39 is 5.82 Å². The van der Waals surface area contributed by atoms with E-state index in [1.54, 1.807) is 6.07 Å². The second kappa shape index (κ2) is 7.51.